The molecule has 1 heterocycles. The van der Waals surface area contributed by atoms with Gasteiger partial charge in [-0.1, -0.05) is 6.07 Å². The molecule has 0 saturated heterocycles. The topological polar surface area (TPSA) is 119 Å². The number of ketones is 1. The number of nitrogens with one attached hydrogen (secondary N) is 1. The summed E-state index contributed by atoms with van der Waals surface area (Å²) < 4.78 is 5.43. The number of benzene rings is 2. The van der Waals surface area contributed by atoms with Crippen LogP contribution in [-0.4, -0.2) is 32.3 Å². The molecule has 0 aliphatic carbocycles. The zero-order chi connectivity index (χ0) is 18.3. The van der Waals surface area contributed by atoms with Crippen molar-refractivity contribution in [2.24, 2.45) is 0 Å². The highest BCUT2D eigenvalue weighted by atomic mass is 16.5. The molecule has 2 aromatic carbocycles. The minimum atomic E-state index is -0.553. The number of anilines is 1. The van der Waals surface area contributed by atoms with Crippen LogP contribution < -0.4 is 10.1 Å². The highest BCUT2D eigenvalue weighted by Gasteiger charge is 2.32. The number of hydrogen-bond acceptors (Lipinski definition) is 7. The highest BCUT2D eigenvalue weighted by molar-refractivity contribution is 6.22. The zero-order valence-electron chi connectivity index (χ0n) is 13.6. The Morgan fingerprint density at radius 2 is 1.76 bits per heavy atom. The lowest BCUT2D eigenvalue weighted by atomic mass is 10.1. The van der Waals surface area contributed by atoms with Crippen LogP contribution in [-0.2, 0) is 0 Å². The zero-order valence-corrected chi connectivity index (χ0v) is 13.6. The number of carbonyl (C=O) groups excluding carboxylic acids is 1. The third-order valence-corrected chi connectivity index (χ3v) is 3.65. The summed E-state index contributed by atoms with van der Waals surface area (Å²) in [6.07, 6.45) is 1.23. The summed E-state index contributed by atoms with van der Waals surface area (Å²) in [6.45, 7) is 3.54. The van der Waals surface area contributed by atoms with Crippen LogP contribution in [0.15, 0.2) is 30.0 Å². The van der Waals surface area contributed by atoms with Crippen molar-refractivity contribution in [3.8, 4) is 28.7 Å². The largest absolute Gasteiger partial charge is 0.504 e. The minimum Gasteiger partial charge on any atom is -0.504 e. The summed E-state index contributed by atoms with van der Waals surface area (Å²) in [5, 5.41) is 41.9. The lowest BCUT2D eigenvalue weighted by Gasteiger charge is -2.13. The Hall–Kier alpha value is -3.35. The predicted octanol–water partition coefficient (Wildman–Crippen LogP) is 2.95. The number of aromatic hydroxyl groups is 4. The predicted molar refractivity (Wildman–Crippen MR) is 91.2 cm³/mol. The van der Waals surface area contributed by atoms with Gasteiger partial charge in [-0.15, -0.1) is 0 Å². The van der Waals surface area contributed by atoms with Crippen molar-refractivity contribution in [2.45, 2.75) is 20.0 Å². The summed E-state index contributed by atoms with van der Waals surface area (Å²) in [7, 11) is 0. The number of rotatable bonds is 3. The van der Waals surface area contributed by atoms with Gasteiger partial charge in [0.2, 0.25) is 11.5 Å². The summed E-state index contributed by atoms with van der Waals surface area (Å²) in [5.41, 5.74) is 0.880. The van der Waals surface area contributed by atoms with Crippen molar-refractivity contribution in [1.82, 2.24) is 0 Å². The van der Waals surface area contributed by atoms with Gasteiger partial charge in [-0.3, -0.25) is 4.79 Å². The van der Waals surface area contributed by atoms with Crippen molar-refractivity contribution in [1.29, 1.82) is 0 Å². The third-order valence-electron chi connectivity index (χ3n) is 3.65. The van der Waals surface area contributed by atoms with Gasteiger partial charge in [-0.2, -0.15) is 0 Å². The van der Waals surface area contributed by atoms with Gasteiger partial charge < -0.3 is 30.5 Å². The molecule has 7 nitrogen and oxygen atoms in total. The van der Waals surface area contributed by atoms with Crippen molar-refractivity contribution in [3.63, 3.8) is 0 Å². The SMILES string of the molecule is CC(C)Oc1cc2c(c(O)c1O)C(=O)/C(=C\c1ccc(O)c(O)c1)N2. The third kappa shape index (κ3) is 2.91. The minimum absolute atomic E-state index is 0.0529. The first-order chi connectivity index (χ1) is 11.8. The maximum absolute atomic E-state index is 12.5. The van der Waals surface area contributed by atoms with Gasteiger partial charge in [-0.25, -0.2) is 0 Å². The molecule has 0 bridgehead atoms. The summed E-state index contributed by atoms with van der Waals surface area (Å²) in [4.78, 5) is 12.5. The molecule has 2 aromatic rings. The van der Waals surface area contributed by atoms with Crippen LogP contribution in [0, 0.1) is 0 Å². The first-order valence-electron chi connectivity index (χ1n) is 7.59. The van der Waals surface area contributed by atoms with E-state index >= 15 is 0 Å². The number of phenolic OH excluding ortho intramolecular Hbond substituents is 4. The van der Waals surface area contributed by atoms with Gasteiger partial charge in [0.25, 0.3) is 0 Å². The van der Waals surface area contributed by atoms with Crippen LogP contribution in [0.5, 0.6) is 28.7 Å². The summed E-state index contributed by atoms with van der Waals surface area (Å²) >= 11 is 0. The molecule has 3 rings (SSSR count). The molecule has 0 spiro atoms. The molecule has 0 saturated carbocycles. The standard InChI is InChI=1S/C18H17NO6/c1-8(2)25-14-7-10-15(18(24)17(14)23)16(22)11(19-10)5-9-3-4-12(20)13(21)6-9/h3-8,19-21,23-24H,1-2H3/b11-5+. The van der Waals surface area contributed by atoms with Crippen molar-refractivity contribution >= 4 is 17.5 Å². The molecule has 1 aliphatic heterocycles. The number of allylic oxidation sites excluding steroid dienone is 1. The van der Waals surface area contributed by atoms with Gasteiger partial charge in [-0.05, 0) is 37.6 Å². The Morgan fingerprint density at radius 3 is 2.40 bits per heavy atom. The average Bonchev–Trinajstić information content (AvgIpc) is 2.84. The smallest absolute Gasteiger partial charge is 0.215 e. The lowest BCUT2D eigenvalue weighted by Crippen LogP contribution is -2.06. The van der Waals surface area contributed by atoms with E-state index < -0.39 is 17.3 Å². The van der Waals surface area contributed by atoms with E-state index in [2.05, 4.69) is 5.32 Å². The van der Waals surface area contributed by atoms with Crippen LogP contribution in [0.1, 0.15) is 29.8 Å². The number of hydrogen-bond donors (Lipinski definition) is 5. The molecule has 0 aromatic heterocycles. The average molecular weight is 343 g/mol. The summed E-state index contributed by atoms with van der Waals surface area (Å²) in [5.74, 6) is -2.07. The molecule has 0 fully saturated rings. The van der Waals surface area contributed by atoms with E-state index in [1.807, 2.05) is 0 Å². The van der Waals surface area contributed by atoms with Gasteiger partial charge in [0.1, 0.15) is 0 Å². The molecule has 130 valence electrons. The summed E-state index contributed by atoms with van der Waals surface area (Å²) in [6, 6.07) is 5.55. The van der Waals surface area contributed by atoms with Crippen molar-refractivity contribution in [3.05, 3.63) is 41.1 Å². The Morgan fingerprint density at radius 1 is 1.04 bits per heavy atom. The Balaban J connectivity index is 2.02. The van der Waals surface area contributed by atoms with E-state index in [1.54, 1.807) is 13.8 Å². The fourth-order valence-electron chi connectivity index (χ4n) is 2.54. The fraction of sp³-hybridized carbons (Fsp3) is 0.167. The molecule has 0 unspecified atom stereocenters. The van der Waals surface area contributed by atoms with E-state index in [1.165, 1.54) is 30.3 Å². The molecule has 0 amide bonds. The molecule has 7 heteroatoms. The maximum atomic E-state index is 12.5. The normalized spacial score (nSPS) is 14.7. The number of carbonyl (C=O) groups is 1. The highest BCUT2D eigenvalue weighted by Crippen LogP contribution is 2.47. The van der Waals surface area contributed by atoms with E-state index in [0.717, 1.165) is 0 Å². The first kappa shape index (κ1) is 16.5. The Labute approximate surface area is 143 Å². The van der Waals surface area contributed by atoms with E-state index in [4.69, 9.17) is 4.74 Å². The second kappa shape index (κ2) is 5.94. The molecule has 0 radical (unpaired) electrons. The van der Waals surface area contributed by atoms with Crippen molar-refractivity contribution in [2.75, 3.05) is 5.32 Å². The van der Waals surface area contributed by atoms with Crippen LogP contribution in [0.3, 0.4) is 0 Å². The van der Waals surface area contributed by atoms with Gasteiger partial charge in [0.05, 0.1) is 23.1 Å². The number of fused-ring (bicyclic) bond motifs is 1. The van der Waals surface area contributed by atoms with Crippen molar-refractivity contribution < 1.29 is 30.0 Å². The number of Topliss-reactive ketones (excluding diaryl/α,β-unsaturated/α-hetero) is 1. The quantitative estimate of drug-likeness (QED) is 0.330. The van der Waals surface area contributed by atoms with E-state index in [9.17, 15) is 25.2 Å². The molecular weight excluding hydrogens is 326 g/mol. The Bertz CT molecular complexity index is 901. The molecule has 1 aliphatic rings. The number of phenols is 4. The van der Waals surface area contributed by atoms with Gasteiger partial charge in [0, 0.05) is 6.07 Å². The van der Waals surface area contributed by atoms with Crippen LogP contribution in [0.2, 0.25) is 0 Å². The second-order valence-corrected chi connectivity index (χ2v) is 5.92. The molecule has 25 heavy (non-hydrogen) atoms. The monoisotopic (exact) mass is 343 g/mol. The molecule has 0 atom stereocenters. The Kier molecular flexibility index (Phi) is 3.92. The van der Waals surface area contributed by atoms with Crippen LogP contribution in [0.25, 0.3) is 6.08 Å². The lowest BCUT2D eigenvalue weighted by molar-refractivity contribution is 0.103. The molecular formula is C18H17NO6. The van der Waals surface area contributed by atoms with Gasteiger partial charge in [0.15, 0.2) is 23.0 Å². The van der Waals surface area contributed by atoms with Crippen LogP contribution >= 0.6 is 0 Å². The van der Waals surface area contributed by atoms with Gasteiger partial charge >= 0.3 is 0 Å². The van der Waals surface area contributed by atoms with E-state index in [0.29, 0.717) is 11.3 Å². The number of ether oxygens (including phenoxy) is 1. The second-order valence-electron chi connectivity index (χ2n) is 5.92. The fourth-order valence-corrected chi connectivity index (χ4v) is 2.54. The molecule has 5 N–H and O–H groups in total. The maximum Gasteiger partial charge on any atom is 0.215 e. The van der Waals surface area contributed by atoms with E-state index in [-0.39, 0.29) is 34.6 Å². The first-order valence-corrected chi connectivity index (χ1v) is 7.59. The van der Waals surface area contributed by atoms with Crippen LogP contribution in [0.4, 0.5) is 5.69 Å².